The van der Waals surface area contributed by atoms with Crippen molar-refractivity contribution in [3.8, 4) is 0 Å². The van der Waals surface area contributed by atoms with Crippen LogP contribution in [0.4, 0.5) is 0 Å². The fraction of sp³-hybridized carbons (Fsp3) is 0.333. The first-order valence-electron chi connectivity index (χ1n) is 5.69. The van der Waals surface area contributed by atoms with Crippen molar-refractivity contribution in [2.75, 3.05) is 6.54 Å². The predicted molar refractivity (Wildman–Crippen MR) is 66.5 cm³/mol. The maximum atomic E-state index is 11.5. The average molecular weight is 249 g/mol. The van der Waals surface area contributed by atoms with Gasteiger partial charge in [-0.25, -0.2) is 4.79 Å². The van der Waals surface area contributed by atoms with Crippen molar-refractivity contribution in [3.63, 3.8) is 0 Å². The molecule has 0 amide bonds. The topological polar surface area (TPSA) is 80.0 Å². The summed E-state index contributed by atoms with van der Waals surface area (Å²) in [6.07, 6.45) is 4.86. The molecular weight excluding hydrogens is 234 g/mol. The van der Waals surface area contributed by atoms with Crippen molar-refractivity contribution < 1.29 is 4.42 Å². The Bertz CT molecular complexity index is 610. The molecule has 2 heterocycles. The third kappa shape index (κ3) is 2.98. The largest absolute Gasteiger partial charge is 0.472 e. The lowest BCUT2D eigenvalue weighted by Crippen LogP contribution is -2.33. The Morgan fingerprint density at radius 1 is 1.44 bits per heavy atom. The zero-order valence-corrected chi connectivity index (χ0v) is 10.1. The third-order valence-corrected chi connectivity index (χ3v) is 2.63. The molecule has 2 aromatic rings. The third-order valence-electron chi connectivity index (χ3n) is 2.63. The molecule has 0 bridgehead atoms. The van der Waals surface area contributed by atoms with Gasteiger partial charge in [-0.15, -0.1) is 0 Å². The Balaban J connectivity index is 1.89. The summed E-state index contributed by atoms with van der Waals surface area (Å²) < 4.78 is 6.43. The SMILES string of the molecule is Cc1cn(CCNCc2ccoc2)c(=O)[nH]c1=O. The van der Waals surface area contributed by atoms with E-state index in [0.29, 0.717) is 25.2 Å². The first kappa shape index (κ1) is 12.4. The monoisotopic (exact) mass is 249 g/mol. The van der Waals surface area contributed by atoms with Gasteiger partial charge >= 0.3 is 5.69 Å². The van der Waals surface area contributed by atoms with Crippen molar-refractivity contribution in [3.05, 3.63) is 56.8 Å². The van der Waals surface area contributed by atoms with E-state index in [1.807, 2.05) is 6.07 Å². The molecule has 0 aromatic carbocycles. The van der Waals surface area contributed by atoms with Gasteiger partial charge in [-0.3, -0.25) is 14.3 Å². The summed E-state index contributed by atoms with van der Waals surface area (Å²) in [5.41, 5.74) is 0.878. The summed E-state index contributed by atoms with van der Waals surface area (Å²) >= 11 is 0. The summed E-state index contributed by atoms with van der Waals surface area (Å²) in [4.78, 5) is 24.9. The smallest absolute Gasteiger partial charge is 0.328 e. The minimum absolute atomic E-state index is 0.331. The Morgan fingerprint density at radius 3 is 3.00 bits per heavy atom. The molecule has 6 heteroatoms. The van der Waals surface area contributed by atoms with E-state index in [0.717, 1.165) is 5.56 Å². The normalized spacial score (nSPS) is 10.7. The molecule has 0 radical (unpaired) electrons. The van der Waals surface area contributed by atoms with Crippen LogP contribution in [0.15, 0.2) is 38.8 Å². The van der Waals surface area contributed by atoms with Gasteiger partial charge in [0.1, 0.15) is 0 Å². The first-order valence-corrected chi connectivity index (χ1v) is 5.69. The maximum Gasteiger partial charge on any atom is 0.328 e. The summed E-state index contributed by atoms with van der Waals surface area (Å²) in [7, 11) is 0. The molecule has 0 fully saturated rings. The molecule has 2 aromatic heterocycles. The number of H-pyrrole nitrogens is 1. The zero-order chi connectivity index (χ0) is 13.0. The Morgan fingerprint density at radius 2 is 2.28 bits per heavy atom. The minimum atomic E-state index is -0.379. The number of aromatic nitrogens is 2. The molecule has 6 nitrogen and oxygen atoms in total. The number of hydrogen-bond donors (Lipinski definition) is 2. The number of nitrogens with zero attached hydrogens (tertiary/aromatic N) is 1. The number of furan rings is 1. The van der Waals surface area contributed by atoms with Gasteiger partial charge in [0.05, 0.1) is 12.5 Å². The maximum absolute atomic E-state index is 11.5. The molecule has 0 saturated carbocycles. The van der Waals surface area contributed by atoms with Gasteiger partial charge in [-0.1, -0.05) is 0 Å². The van der Waals surface area contributed by atoms with Crippen LogP contribution in [-0.4, -0.2) is 16.1 Å². The number of rotatable bonds is 5. The van der Waals surface area contributed by atoms with Gasteiger partial charge in [-0.2, -0.15) is 0 Å². The molecule has 18 heavy (non-hydrogen) atoms. The van der Waals surface area contributed by atoms with Gasteiger partial charge in [0.25, 0.3) is 5.56 Å². The highest BCUT2D eigenvalue weighted by Crippen LogP contribution is 1.97. The van der Waals surface area contributed by atoms with E-state index in [2.05, 4.69) is 10.3 Å². The van der Waals surface area contributed by atoms with Crippen molar-refractivity contribution in [2.45, 2.75) is 20.0 Å². The highest BCUT2D eigenvalue weighted by molar-refractivity contribution is 5.04. The highest BCUT2D eigenvalue weighted by Gasteiger charge is 2.00. The number of hydrogen-bond acceptors (Lipinski definition) is 4. The lowest BCUT2D eigenvalue weighted by atomic mass is 10.3. The lowest BCUT2D eigenvalue weighted by Gasteiger charge is -2.06. The van der Waals surface area contributed by atoms with E-state index in [4.69, 9.17) is 4.42 Å². The van der Waals surface area contributed by atoms with Gasteiger partial charge in [-0.05, 0) is 13.0 Å². The first-order chi connectivity index (χ1) is 8.66. The van der Waals surface area contributed by atoms with Crippen LogP contribution in [0.1, 0.15) is 11.1 Å². The quantitative estimate of drug-likeness (QED) is 0.743. The standard InChI is InChI=1S/C12H15N3O3/c1-9-7-15(12(17)14-11(9)16)4-3-13-6-10-2-5-18-8-10/h2,5,7-8,13H,3-4,6H2,1H3,(H,14,16,17). The van der Waals surface area contributed by atoms with E-state index in [9.17, 15) is 9.59 Å². The van der Waals surface area contributed by atoms with Crippen molar-refractivity contribution in [2.24, 2.45) is 0 Å². The van der Waals surface area contributed by atoms with E-state index in [-0.39, 0.29) is 11.2 Å². The van der Waals surface area contributed by atoms with Crippen LogP contribution in [0.2, 0.25) is 0 Å². The van der Waals surface area contributed by atoms with Gasteiger partial charge in [0.15, 0.2) is 0 Å². The average Bonchev–Trinajstić information content (AvgIpc) is 2.84. The van der Waals surface area contributed by atoms with E-state index in [1.54, 1.807) is 25.6 Å². The molecule has 96 valence electrons. The second-order valence-electron chi connectivity index (χ2n) is 4.07. The van der Waals surface area contributed by atoms with E-state index >= 15 is 0 Å². The van der Waals surface area contributed by atoms with Crippen molar-refractivity contribution in [1.29, 1.82) is 0 Å². The molecule has 0 aliphatic heterocycles. The van der Waals surface area contributed by atoms with Crippen molar-refractivity contribution >= 4 is 0 Å². The van der Waals surface area contributed by atoms with Crippen LogP contribution < -0.4 is 16.6 Å². The van der Waals surface area contributed by atoms with Crippen LogP contribution in [0.3, 0.4) is 0 Å². The van der Waals surface area contributed by atoms with Crippen molar-refractivity contribution in [1.82, 2.24) is 14.9 Å². The van der Waals surface area contributed by atoms with Crippen LogP contribution in [0, 0.1) is 6.92 Å². The highest BCUT2D eigenvalue weighted by atomic mass is 16.3. The summed E-state index contributed by atoms with van der Waals surface area (Å²) in [5.74, 6) is 0. The van der Waals surface area contributed by atoms with E-state index < -0.39 is 0 Å². The predicted octanol–water partition coefficient (Wildman–Crippen LogP) is 0.228. The van der Waals surface area contributed by atoms with Crippen LogP contribution in [-0.2, 0) is 13.1 Å². The van der Waals surface area contributed by atoms with E-state index in [1.165, 1.54) is 4.57 Å². The van der Waals surface area contributed by atoms with Gasteiger partial charge in [0, 0.05) is 37.0 Å². The number of aromatic amines is 1. The van der Waals surface area contributed by atoms with Crippen LogP contribution >= 0.6 is 0 Å². The number of aryl methyl sites for hydroxylation is 1. The summed E-state index contributed by atoms with van der Waals surface area (Å²) in [6.45, 7) is 3.51. The fourth-order valence-electron chi connectivity index (χ4n) is 1.61. The molecule has 2 rings (SSSR count). The Labute approximate surface area is 103 Å². The zero-order valence-electron chi connectivity index (χ0n) is 10.1. The Hall–Kier alpha value is -2.08. The summed E-state index contributed by atoms with van der Waals surface area (Å²) in [5, 5.41) is 3.19. The fourth-order valence-corrected chi connectivity index (χ4v) is 1.61. The second kappa shape index (κ2) is 5.50. The molecule has 0 saturated heterocycles. The Kier molecular flexibility index (Phi) is 3.78. The summed E-state index contributed by atoms with van der Waals surface area (Å²) in [6, 6.07) is 1.88. The van der Waals surface area contributed by atoms with Gasteiger partial charge < -0.3 is 9.73 Å². The molecule has 0 aliphatic carbocycles. The van der Waals surface area contributed by atoms with Crippen LogP contribution in [0.25, 0.3) is 0 Å². The molecule has 0 unspecified atom stereocenters. The molecule has 0 atom stereocenters. The molecule has 2 N–H and O–H groups in total. The molecule has 0 spiro atoms. The molecular formula is C12H15N3O3. The van der Waals surface area contributed by atoms with Gasteiger partial charge in [0.2, 0.25) is 0 Å². The minimum Gasteiger partial charge on any atom is -0.472 e. The lowest BCUT2D eigenvalue weighted by molar-refractivity contribution is 0.551. The molecule has 0 aliphatic rings. The van der Waals surface area contributed by atoms with Crippen LogP contribution in [0.5, 0.6) is 0 Å². The number of nitrogens with one attached hydrogen (secondary N) is 2. The second-order valence-corrected chi connectivity index (χ2v) is 4.07.